The first-order valence-electron chi connectivity index (χ1n) is 12.4. The van der Waals surface area contributed by atoms with E-state index in [2.05, 4.69) is 4.90 Å². The maximum atomic E-state index is 13.4. The van der Waals surface area contributed by atoms with Gasteiger partial charge in [-0.25, -0.2) is 14.0 Å². The number of hydrogen-bond acceptors (Lipinski definition) is 7. The number of ether oxygens (including phenoxy) is 3. The first kappa shape index (κ1) is 28.2. The third-order valence-electron chi connectivity index (χ3n) is 6.49. The number of carbonyl (C=O) groups is 2. The van der Waals surface area contributed by atoms with Crippen molar-refractivity contribution >= 4 is 11.9 Å². The largest absolute Gasteiger partial charge is 0.493 e. The summed E-state index contributed by atoms with van der Waals surface area (Å²) >= 11 is 0. The van der Waals surface area contributed by atoms with Crippen LogP contribution in [0.15, 0.2) is 42.5 Å². The number of benzene rings is 2. The Kier molecular flexibility index (Phi) is 11.0. The van der Waals surface area contributed by atoms with Crippen LogP contribution in [-0.2, 0) is 9.59 Å². The van der Waals surface area contributed by atoms with Gasteiger partial charge in [-0.15, -0.1) is 0 Å². The molecule has 1 fully saturated rings. The Balaban J connectivity index is 0.000000568. The van der Waals surface area contributed by atoms with Crippen molar-refractivity contribution in [2.75, 3.05) is 39.6 Å². The van der Waals surface area contributed by atoms with Crippen LogP contribution in [0, 0.1) is 11.7 Å². The predicted molar refractivity (Wildman–Crippen MR) is 133 cm³/mol. The van der Waals surface area contributed by atoms with Gasteiger partial charge >= 0.3 is 11.9 Å². The molecule has 9 nitrogen and oxygen atoms in total. The van der Waals surface area contributed by atoms with Gasteiger partial charge in [0.15, 0.2) is 11.5 Å². The number of aliphatic carboxylic acids is 2. The number of rotatable bonds is 10. The van der Waals surface area contributed by atoms with Gasteiger partial charge in [0.25, 0.3) is 0 Å². The number of aliphatic hydroxyl groups is 1. The molecule has 0 spiro atoms. The van der Waals surface area contributed by atoms with Crippen LogP contribution >= 0.6 is 0 Å². The van der Waals surface area contributed by atoms with E-state index >= 15 is 0 Å². The smallest absolute Gasteiger partial charge is 0.414 e. The van der Waals surface area contributed by atoms with Crippen LogP contribution in [0.3, 0.4) is 0 Å². The lowest BCUT2D eigenvalue weighted by Crippen LogP contribution is -2.42. The van der Waals surface area contributed by atoms with Crippen molar-refractivity contribution < 1.29 is 43.5 Å². The number of carboxylic acid groups (broad SMARTS) is 2. The van der Waals surface area contributed by atoms with Crippen molar-refractivity contribution in [3.63, 3.8) is 0 Å². The topological polar surface area (TPSA) is 126 Å². The monoisotopic (exact) mass is 519 g/mol. The molecule has 2 atom stereocenters. The van der Waals surface area contributed by atoms with E-state index in [-0.39, 0.29) is 19.2 Å². The van der Waals surface area contributed by atoms with Crippen molar-refractivity contribution in [2.45, 2.75) is 38.0 Å². The van der Waals surface area contributed by atoms with Gasteiger partial charge in [0.1, 0.15) is 11.6 Å². The van der Waals surface area contributed by atoms with Crippen molar-refractivity contribution in [1.82, 2.24) is 4.90 Å². The van der Waals surface area contributed by atoms with Crippen molar-refractivity contribution in [1.29, 1.82) is 0 Å². The molecule has 37 heavy (non-hydrogen) atoms. The lowest BCUT2D eigenvalue weighted by atomic mass is 9.80. The van der Waals surface area contributed by atoms with Crippen LogP contribution in [0.5, 0.6) is 17.2 Å². The molecule has 0 bridgehead atoms. The Morgan fingerprint density at radius 1 is 0.973 bits per heavy atom. The normalized spacial score (nSPS) is 18.5. The fraction of sp³-hybridized carbons (Fsp3) is 0.481. The van der Waals surface area contributed by atoms with Gasteiger partial charge in [0.05, 0.1) is 6.61 Å². The Hall–Kier alpha value is -3.37. The zero-order valence-corrected chi connectivity index (χ0v) is 20.7. The predicted octanol–water partition coefficient (Wildman–Crippen LogP) is 3.75. The van der Waals surface area contributed by atoms with Gasteiger partial charge in [-0.05, 0) is 68.1 Å². The summed E-state index contributed by atoms with van der Waals surface area (Å²) in [6.07, 6.45) is 5.31. The molecule has 3 N–H and O–H groups in total. The molecule has 0 aromatic heterocycles. The summed E-state index contributed by atoms with van der Waals surface area (Å²) in [4.78, 5) is 20.7. The number of unbranched alkanes of at least 4 members (excludes halogenated alkanes) is 3. The van der Waals surface area contributed by atoms with Crippen LogP contribution in [0.2, 0.25) is 0 Å². The molecule has 0 saturated carbocycles. The molecule has 10 heteroatoms. The van der Waals surface area contributed by atoms with Gasteiger partial charge in [0.2, 0.25) is 6.79 Å². The van der Waals surface area contributed by atoms with E-state index in [1.165, 1.54) is 5.56 Å². The van der Waals surface area contributed by atoms with Crippen LogP contribution in [0.25, 0.3) is 0 Å². The van der Waals surface area contributed by atoms with Gasteiger partial charge in [0, 0.05) is 25.1 Å². The molecular formula is C27H34FNO8. The minimum absolute atomic E-state index is 0.197. The fourth-order valence-corrected chi connectivity index (χ4v) is 4.60. The van der Waals surface area contributed by atoms with E-state index in [1.54, 1.807) is 12.1 Å². The molecule has 0 unspecified atom stereocenters. The summed E-state index contributed by atoms with van der Waals surface area (Å²) in [6, 6.07) is 12.6. The average Bonchev–Trinajstić information content (AvgIpc) is 3.36. The summed E-state index contributed by atoms with van der Waals surface area (Å²) in [5.74, 6) is -0.921. The minimum atomic E-state index is -1.82. The Bertz CT molecular complexity index is 1000. The molecule has 0 radical (unpaired) electrons. The SMILES string of the molecule is O=C(O)C(=O)O.OCCCCCCN1CC[C@H](c2ccc(F)cc2)[C@@H](COc2ccc3c(c2)OCO3)C1. The highest BCUT2D eigenvalue weighted by Crippen LogP contribution is 2.37. The van der Waals surface area contributed by atoms with Gasteiger partial charge in [-0.2, -0.15) is 0 Å². The highest BCUT2D eigenvalue weighted by molar-refractivity contribution is 6.27. The van der Waals surface area contributed by atoms with Crippen molar-refractivity contribution in [3.05, 3.63) is 53.8 Å². The summed E-state index contributed by atoms with van der Waals surface area (Å²) in [7, 11) is 0. The number of halogens is 1. The van der Waals surface area contributed by atoms with E-state index in [1.807, 2.05) is 30.3 Å². The third-order valence-corrected chi connectivity index (χ3v) is 6.49. The van der Waals surface area contributed by atoms with Crippen LogP contribution in [0.1, 0.15) is 43.6 Å². The summed E-state index contributed by atoms with van der Waals surface area (Å²) in [5, 5.41) is 23.7. The first-order chi connectivity index (χ1) is 17.9. The fourth-order valence-electron chi connectivity index (χ4n) is 4.60. The second kappa shape index (κ2) is 14.4. The molecule has 202 valence electrons. The second-order valence-electron chi connectivity index (χ2n) is 9.08. The number of likely N-dealkylation sites (tertiary alicyclic amines) is 1. The third kappa shape index (κ3) is 8.91. The van der Waals surface area contributed by atoms with Crippen molar-refractivity contribution in [3.8, 4) is 17.2 Å². The molecule has 2 aromatic rings. The molecular weight excluding hydrogens is 485 g/mol. The molecule has 2 heterocycles. The number of fused-ring (bicyclic) bond motifs is 1. The number of carboxylic acids is 2. The standard InChI is InChI=1S/C25H32FNO4.C2H2O4/c26-21-7-5-19(6-8-21)23-11-13-27(12-3-1-2-4-14-28)16-20(23)17-29-22-9-10-24-25(15-22)31-18-30-24;3-1(4)2(5)6/h5-10,15,20,23,28H,1-4,11-14,16-18H2;(H,3,4)(H,5,6)/t20-,23-;/m1./s1. The summed E-state index contributed by atoms with van der Waals surface area (Å²) in [6.45, 7) is 4.21. The van der Waals surface area contributed by atoms with E-state index in [9.17, 15) is 4.39 Å². The number of hydrogen-bond donors (Lipinski definition) is 3. The molecule has 2 aliphatic rings. The minimum Gasteiger partial charge on any atom is -0.493 e. The Labute approximate surface area is 215 Å². The summed E-state index contributed by atoms with van der Waals surface area (Å²) < 4.78 is 30.5. The van der Waals surface area contributed by atoms with Crippen LogP contribution < -0.4 is 14.2 Å². The first-order valence-corrected chi connectivity index (χ1v) is 12.4. The maximum Gasteiger partial charge on any atom is 0.414 e. The van der Waals surface area contributed by atoms with Crippen LogP contribution in [0.4, 0.5) is 4.39 Å². The quantitative estimate of drug-likeness (QED) is 0.318. The van der Waals surface area contributed by atoms with E-state index in [4.69, 9.17) is 39.1 Å². The summed E-state index contributed by atoms with van der Waals surface area (Å²) in [5.41, 5.74) is 1.18. The molecule has 0 aliphatic carbocycles. The highest BCUT2D eigenvalue weighted by atomic mass is 19.1. The average molecular weight is 520 g/mol. The molecule has 2 aliphatic heterocycles. The second-order valence-corrected chi connectivity index (χ2v) is 9.08. The zero-order chi connectivity index (χ0) is 26.6. The van der Waals surface area contributed by atoms with Gasteiger partial charge in [-0.3, -0.25) is 0 Å². The number of aliphatic hydroxyl groups excluding tert-OH is 1. The number of piperidine rings is 1. The van der Waals surface area contributed by atoms with E-state index in [0.717, 1.165) is 69.0 Å². The van der Waals surface area contributed by atoms with Gasteiger partial charge in [-0.1, -0.05) is 25.0 Å². The molecule has 2 aromatic carbocycles. The maximum absolute atomic E-state index is 13.4. The van der Waals surface area contributed by atoms with Gasteiger partial charge < -0.3 is 34.4 Å². The molecule has 0 amide bonds. The van der Waals surface area contributed by atoms with E-state index in [0.29, 0.717) is 18.4 Å². The zero-order valence-electron chi connectivity index (χ0n) is 20.7. The Morgan fingerprint density at radius 3 is 2.38 bits per heavy atom. The lowest BCUT2D eigenvalue weighted by molar-refractivity contribution is -0.159. The number of nitrogens with zero attached hydrogens (tertiary/aromatic N) is 1. The Morgan fingerprint density at radius 2 is 1.68 bits per heavy atom. The lowest BCUT2D eigenvalue weighted by Gasteiger charge is -2.39. The van der Waals surface area contributed by atoms with E-state index < -0.39 is 11.9 Å². The molecule has 4 rings (SSSR count). The molecule has 1 saturated heterocycles. The van der Waals surface area contributed by atoms with Crippen molar-refractivity contribution in [2.24, 2.45) is 5.92 Å². The highest BCUT2D eigenvalue weighted by Gasteiger charge is 2.31. The van der Waals surface area contributed by atoms with Crippen LogP contribution in [-0.4, -0.2) is 71.8 Å².